The third kappa shape index (κ3) is 14.9. The number of carbonyl (C=O) groups is 1. The number of nitriles is 1. The molecule has 0 fully saturated rings. The number of carbonyl (C=O) groups excluding carboxylic acids is 1. The van der Waals surface area contributed by atoms with Gasteiger partial charge in [-0.3, -0.25) is 24.7 Å². The average molecular weight is 1140 g/mol. The van der Waals surface area contributed by atoms with E-state index >= 15 is 0 Å². The fraction of sp³-hybridized carbons (Fsp3) is 0.0312. The molecule has 0 atom stereocenters. The smallest absolute Gasteiger partial charge is 0.205 e. The quantitative estimate of drug-likeness (QED) is 0.0258. The van der Waals surface area contributed by atoms with Gasteiger partial charge in [-0.05, 0) is 161 Å². The van der Waals surface area contributed by atoms with Crippen LogP contribution in [0.25, 0.3) is 89.5 Å². The van der Waals surface area contributed by atoms with Gasteiger partial charge >= 0.3 is 0 Å². The normalized spacial score (nSPS) is 10.5. The Morgan fingerprint density at radius 3 is 1.38 bits per heavy atom. The van der Waals surface area contributed by atoms with Crippen molar-refractivity contribution in [1.82, 2.24) is 19.9 Å². The van der Waals surface area contributed by atoms with Crippen molar-refractivity contribution in [2.24, 2.45) is 16.6 Å². The van der Waals surface area contributed by atoms with Crippen LogP contribution in [0.5, 0.6) is 11.5 Å². The highest BCUT2D eigenvalue weighted by molar-refractivity contribution is 9.10. The lowest BCUT2D eigenvalue weighted by molar-refractivity contribution is 0.110. The van der Waals surface area contributed by atoms with Gasteiger partial charge in [0.25, 0.3) is 0 Å². The van der Waals surface area contributed by atoms with E-state index < -0.39 is 0 Å². The van der Waals surface area contributed by atoms with E-state index in [-0.39, 0.29) is 11.6 Å². The van der Waals surface area contributed by atoms with E-state index in [4.69, 9.17) is 51.2 Å². The molecule has 4 aromatic carbocycles. The number of methoxy groups -OCH3 is 2. The van der Waals surface area contributed by atoms with Crippen molar-refractivity contribution in [2.75, 3.05) is 14.2 Å². The van der Waals surface area contributed by atoms with Crippen LogP contribution < -0.4 is 20.9 Å². The summed E-state index contributed by atoms with van der Waals surface area (Å²) in [5.74, 6) is 4.32. The van der Waals surface area contributed by atoms with Crippen LogP contribution in [0.2, 0.25) is 0 Å². The van der Waals surface area contributed by atoms with E-state index in [0.29, 0.717) is 46.5 Å². The number of ether oxygens (including phenoxy) is 2. The Morgan fingerprint density at radius 1 is 0.580 bits per heavy atom. The summed E-state index contributed by atoms with van der Waals surface area (Å²) in [6, 6.07) is 58.0. The van der Waals surface area contributed by atoms with Crippen molar-refractivity contribution < 1.29 is 32.7 Å². The number of oxime groups is 1. The number of furan rings is 3. The van der Waals surface area contributed by atoms with Gasteiger partial charge in [0.15, 0.2) is 23.5 Å². The molecule has 16 nitrogen and oxygen atoms in total. The van der Waals surface area contributed by atoms with E-state index in [9.17, 15) is 4.79 Å². The molecule has 11 rings (SSSR count). The molecular formula is C64H48BrN9O7. The van der Waals surface area contributed by atoms with Crippen molar-refractivity contribution in [3.8, 4) is 96.6 Å². The summed E-state index contributed by atoms with van der Waals surface area (Å²) in [6.07, 6.45) is 7.62. The maximum atomic E-state index is 10.6. The van der Waals surface area contributed by atoms with E-state index in [0.717, 1.165) is 83.3 Å². The summed E-state index contributed by atoms with van der Waals surface area (Å²) in [4.78, 5) is 31.6. The van der Waals surface area contributed by atoms with E-state index in [2.05, 4.69) is 52.4 Å². The molecule has 0 saturated heterocycles. The number of aromatic nitrogens is 4. The molecule has 17 heteroatoms. The number of rotatable bonds is 12. The molecular weight excluding hydrogens is 1090 g/mol. The van der Waals surface area contributed by atoms with Gasteiger partial charge in [-0.15, -0.1) is 0 Å². The number of halogens is 1. The summed E-state index contributed by atoms with van der Waals surface area (Å²) in [5.41, 5.74) is 23.1. The standard InChI is InChI=1S/C18H16N4O2.C17H9N3O.C17H13NO3.C12H10BrNO/c1-11(19)12-2-4-13(5-3-12)15-7-6-14(10-21-15)16-8-9-17(24-16)18(20)22-23;1-19-14-5-2-12(3-6-14)16-8-4-13(11-20-16)17-9-7-15(10-18)21-17;1-20-14-5-2-12(3-6-14)16-8-4-13(10-18-16)17-9-7-15(11-19)21-17;1-15-11-5-2-9(3-6-11)12-7-4-10(13)8-14-12/h2-10,23H,1,19H2,(H2,20,22);2-9,11H;2-11H,1H3;2-8H,1H3. The Morgan fingerprint density at radius 2 is 1.00 bits per heavy atom. The Bertz CT molecular complexity index is 3960. The van der Waals surface area contributed by atoms with Gasteiger partial charge in [-0.2, -0.15) is 5.26 Å². The van der Waals surface area contributed by atoms with Gasteiger partial charge in [0, 0.05) is 68.3 Å². The summed E-state index contributed by atoms with van der Waals surface area (Å²) < 4.78 is 27.5. The van der Waals surface area contributed by atoms with Gasteiger partial charge < -0.3 is 39.4 Å². The second-order valence-corrected chi connectivity index (χ2v) is 18.0. The monoisotopic (exact) mass is 1130 g/mol. The predicted molar refractivity (Wildman–Crippen MR) is 315 cm³/mol. The molecule has 0 bridgehead atoms. The fourth-order valence-corrected chi connectivity index (χ4v) is 7.80. The summed E-state index contributed by atoms with van der Waals surface area (Å²) in [7, 11) is 3.30. The number of aldehydes is 1. The van der Waals surface area contributed by atoms with Crippen molar-refractivity contribution >= 4 is 39.4 Å². The third-order valence-electron chi connectivity index (χ3n) is 11.9. The molecule has 0 spiro atoms. The average Bonchev–Trinajstić information content (AvgIpc) is 4.38. The first-order valence-electron chi connectivity index (χ1n) is 24.4. The third-order valence-corrected chi connectivity index (χ3v) is 12.4. The minimum absolute atomic E-state index is 0.0765. The van der Waals surface area contributed by atoms with Crippen LogP contribution >= 0.6 is 15.9 Å². The highest BCUT2D eigenvalue weighted by atomic mass is 79.9. The first kappa shape index (κ1) is 56.1. The van der Waals surface area contributed by atoms with Crippen LogP contribution in [0.1, 0.15) is 27.6 Å². The molecule has 0 unspecified atom stereocenters. The Labute approximate surface area is 474 Å². The first-order valence-corrected chi connectivity index (χ1v) is 25.2. The molecule has 7 aromatic heterocycles. The minimum atomic E-state index is -0.0765. The van der Waals surface area contributed by atoms with E-state index in [1.165, 1.54) is 0 Å². The van der Waals surface area contributed by atoms with Crippen molar-refractivity contribution in [3.63, 3.8) is 0 Å². The largest absolute Gasteiger partial charge is 0.497 e. The second-order valence-electron chi connectivity index (χ2n) is 17.1. The van der Waals surface area contributed by atoms with Crippen LogP contribution in [0.15, 0.2) is 236 Å². The fourth-order valence-electron chi connectivity index (χ4n) is 7.57. The number of pyridine rings is 4. The minimum Gasteiger partial charge on any atom is -0.497 e. The zero-order valence-electron chi connectivity index (χ0n) is 43.5. The van der Waals surface area contributed by atoms with Crippen LogP contribution in [0.3, 0.4) is 0 Å². The lowest BCUT2D eigenvalue weighted by Gasteiger charge is -2.04. The summed E-state index contributed by atoms with van der Waals surface area (Å²) in [5, 5.41) is 20.3. The summed E-state index contributed by atoms with van der Waals surface area (Å²) in [6.45, 7) is 10.6. The van der Waals surface area contributed by atoms with Gasteiger partial charge in [-0.25, -0.2) is 4.85 Å². The molecule has 5 N–H and O–H groups in total. The van der Waals surface area contributed by atoms with Crippen LogP contribution in [-0.2, 0) is 0 Å². The van der Waals surface area contributed by atoms with Crippen molar-refractivity contribution in [2.45, 2.75) is 0 Å². The molecule has 0 aliphatic rings. The molecule has 0 amide bonds. The zero-order chi connectivity index (χ0) is 57.1. The van der Waals surface area contributed by atoms with Crippen LogP contribution in [0.4, 0.5) is 5.69 Å². The Balaban J connectivity index is 0.000000143. The summed E-state index contributed by atoms with van der Waals surface area (Å²) >= 11 is 3.36. The predicted octanol–water partition coefficient (Wildman–Crippen LogP) is 14.8. The number of amidine groups is 1. The molecule has 0 aliphatic heterocycles. The van der Waals surface area contributed by atoms with Gasteiger partial charge in [0.2, 0.25) is 11.6 Å². The van der Waals surface area contributed by atoms with Gasteiger partial charge in [0.1, 0.15) is 34.8 Å². The number of nitrogens with zero attached hydrogens (tertiary/aromatic N) is 7. The van der Waals surface area contributed by atoms with E-state index in [1.807, 2.05) is 140 Å². The second kappa shape index (κ2) is 27.3. The van der Waals surface area contributed by atoms with Crippen molar-refractivity contribution in [3.05, 3.63) is 252 Å². The number of nitrogens with two attached hydrogens (primary N) is 2. The molecule has 11 aromatic rings. The molecule has 398 valence electrons. The highest BCUT2D eigenvalue weighted by Gasteiger charge is 2.11. The lowest BCUT2D eigenvalue weighted by atomic mass is 10.1. The van der Waals surface area contributed by atoms with Crippen LogP contribution in [-0.4, -0.2) is 51.5 Å². The maximum Gasteiger partial charge on any atom is 0.205 e. The number of hydrogen-bond acceptors (Lipinski definition) is 14. The van der Waals surface area contributed by atoms with Gasteiger partial charge in [0.05, 0.1) is 43.6 Å². The Kier molecular flexibility index (Phi) is 18.9. The lowest BCUT2D eigenvalue weighted by Crippen LogP contribution is -2.11. The number of benzene rings is 4. The SMILES string of the molecule is C=C(N)c1ccc(-c2ccc(-c3ccc(/C(N)=N/O)o3)cn2)cc1.COc1ccc(-c2ccc(-c3ccc(C=O)o3)cn2)cc1.COc1ccc(-c2ccc(Br)cn2)cc1.[C-]#[N+]c1ccc(-c2ccc(-c3ccc(C#N)o3)cn2)cc1. The number of hydrogen-bond donors (Lipinski definition) is 3. The highest BCUT2D eigenvalue weighted by Crippen LogP contribution is 2.29. The zero-order valence-corrected chi connectivity index (χ0v) is 45.1. The van der Waals surface area contributed by atoms with E-state index in [1.54, 1.807) is 87.5 Å². The van der Waals surface area contributed by atoms with Gasteiger partial charge in [-0.1, -0.05) is 60.3 Å². The molecule has 0 radical (unpaired) electrons. The molecule has 0 aliphatic carbocycles. The molecule has 0 saturated carbocycles. The molecule has 81 heavy (non-hydrogen) atoms. The maximum absolute atomic E-state index is 10.6. The Hall–Kier alpha value is -11.1. The van der Waals surface area contributed by atoms with Crippen LogP contribution in [0, 0.1) is 17.9 Å². The molecule has 7 heterocycles. The topological polar surface area (TPSA) is 239 Å². The van der Waals surface area contributed by atoms with Crippen molar-refractivity contribution in [1.29, 1.82) is 5.26 Å². The first-order chi connectivity index (χ1) is 39.5.